The van der Waals surface area contributed by atoms with Crippen LogP contribution >= 0.6 is 0 Å². The van der Waals surface area contributed by atoms with E-state index in [0.717, 1.165) is 18.8 Å². The third-order valence-electron chi connectivity index (χ3n) is 5.24. The summed E-state index contributed by atoms with van der Waals surface area (Å²) in [6.07, 6.45) is 21.7. The van der Waals surface area contributed by atoms with E-state index in [-0.39, 0.29) is 5.97 Å². The molecule has 0 N–H and O–H groups in total. The molecule has 0 aromatic carbocycles. The second kappa shape index (κ2) is 15.0. The number of esters is 1. The van der Waals surface area contributed by atoms with Crippen LogP contribution in [0.3, 0.4) is 0 Å². The highest BCUT2D eigenvalue weighted by Gasteiger charge is 2.15. The molecule has 0 amide bonds. The van der Waals surface area contributed by atoms with Gasteiger partial charge < -0.3 is 4.74 Å². The maximum Gasteiger partial charge on any atom is 0.305 e. The first kappa shape index (κ1) is 20.5. The lowest BCUT2D eigenvalue weighted by Gasteiger charge is -2.20. The van der Waals surface area contributed by atoms with Gasteiger partial charge in [0.15, 0.2) is 0 Å². The van der Waals surface area contributed by atoms with E-state index in [9.17, 15) is 4.79 Å². The Morgan fingerprint density at radius 3 is 2.00 bits per heavy atom. The molecule has 0 heterocycles. The summed E-state index contributed by atoms with van der Waals surface area (Å²) in [6.45, 7) is 2.91. The Morgan fingerprint density at radius 1 is 0.826 bits per heavy atom. The molecule has 1 aliphatic carbocycles. The van der Waals surface area contributed by atoms with Gasteiger partial charge in [-0.2, -0.15) is 0 Å². The monoisotopic (exact) mass is 324 g/mol. The molecule has 0 aliphatic heterocycles. The van der Waals surface area contributed by atoms with Crippen LogP contribution in [0.25, 0.3) is 0 Å². The number of hydrogen-bond donors (Lipinski definition) is 0. The van der Waals surface area contributed by atoms with Crippen LogP contribution < -0.4 is 0 Å². The van der Waals surface area contributed by atoms with Crippen molar-refractivity contribution in [1.29, 1.82) is 0 Å². The first-order valence-electron chi connectivity index (χ1n) is 10.5. The third-order valence-corrected chi connectivity index (χ3v) is 5.24. The summed E-state index contributed by atoms with van der Waals surface area (Å²) in [5.41, 5.74) is 0. The summed E-state index contributed by atoms with van der Waals surface area (Å²) in [7, 11) is 0. The fraction of sp³-hybridized carbons (Fsp3) is 0.952. The zero-order chi connectivity index (χ0) is 16.6. The lowest BCUT2D eigenvalue weighted by atomic mass is 9.86. The van der Waals surface area contributed by atoms with Crippen LogP contribution in [-0.2, 0) is 9.53 Å². The van der Waals surface area contributed by atoms with Crippen LogP contribution in [0, 0.1) is 5.92 Å². The average molecular weight is 325 g/mol. The van der Waals surface area contributed by atoms with Crippen molar-refractivity contribution in [3.8, 4) is 0 Å². The Bertz CT molecular complexity index is 269. The fourth-order valence-corrected chi connectivity index (χ4v) is 3.65. The third kappa shape index (κ3) is 12.5. The van der Waals surface area contributed by atoms with Gasteiger partial charge in [0.05, 0.1) is 6.61 Å². The quantitative estimate of drug-likeness (QED) is 0.259. The number of hydrogen-bond acceptors (Lipinski definition) is 2. The molecule has 0 atom stereocenters. The summed E-state index contributed by atoms with van der Waals surface area (Å²) in [5.74, 6) is 0.820. The highest BCUT2D eigenvalue weighted by Crippen LogP contribution is 2.27. The topological polar surface area (TPSA) is 26.3 Å². The van der Waals surface area contributed by atoms with Crippen molar-refractivity contribution in [3.05, 3.63) is 0 Å². The lowest BCUT2D eigenvalue weighted by molar-refractivity contribution is -0.144. The minimum atomic E-state index is 0.0338. The van der Waals surface area contributed by atoms with E-state index in [1.807, 2.05) is 0 Å². The van der Waals surface area contributed by atoms with Crippen molar-refractivity contribution < 1.29 is 9.53 Å². The van der Waals surface area contributed by atoms with Crippen LogP contribution in [0.15, 0.2) is 0 Å². The van der Waals surface area contributed by atoms with Crippen molar-refractivity contribution in [2.45, 2.75) is 116 Å². The van der Waals surface area contributed by atoms with E-state index in [0.29, 0.717) is 13.0 Å². The largest absolute Gasteiger partial charge is 0.466 e. The van der Waals surface area contributed by atoms with Crippen molar-refractivity contribution in [1.82, 2.24) is 0 Å². The maximum atomic E-state index is 11.7. The Morgan fingerprint density at radius 2 is 1.39 bits per heavy atom. The Balaban J connectivity index is 1.78. The van der Waals surface area contributed by atoms with Crippen molar-refractivity contribution in [2.24, 2.45) is 5.92 Å². The van der Waals surface area contributed by atoms with Gasteiger partial charge in [0, 0.05) is 6.42 Å². The summed E-state index contributed by atoms with van der Waals surface area (Å²) in [5, 5.41) is 0. The van der Waals surface area contributed by atoms with Crippen LogP contribution in [-0.4, -0.2) is 12.6 Å². The minimum absolute atomic E-state index is 0.0338. The predicted octanol–water partition coefficient (Wildman–Crippen LogP) is 6.81. The standard InChI is InChI=1S/C21H40O2/c1-2-3-4-5-6-7-8-9-10-14-19-23-21(22)18-17-20-15-12-11-13-16-20/h20H,2-19H2,1H3. The molecule has 0 aromatic heterocycles. The summed E-state index contributed by atoms with van der Waals surface area (Å²) < 4.78 is 5.37. The smallest absolute Gasteiger partial charge is 0.305 e. The van der Waals surface area contributed by atoms with E-state index in [2.05, 4.69) is 6.92 Å². The Hall–Kier alpha value is -0.530. The summed E-state index contributed by atoms with van der Waals surface area (Å²) >= 11 is 0. The van der Waals surface area contributed by atoms with Gasteiger partial charge >= 0.3 is 5.97 Å². The molecule has 0 unspecified atom stereocenters. The molecule has 0 spiro atoms. The van der Waals surface area contributed by atoms with Crippen molar-refractivity contribution >= 4 is 5.97 Å². The van der Waals surface area contributed by atoms with Crippen LogP contribution in [0.4, 0.5) is 0 Å². The molecule has 2 nitrogen and oxygen atoms in total. The molecule has 1 rings (SSSR count). The number of unbranched alkanes of at least 4 members (excludes halogenated alkanes) is 9. The first-order chi connectivity index (χ1) is 11.3. The van der Waals surface area contributed by atoms with E-state index in [1.54, 1.807) is 0 Å². The van der Waals surface area contributed by atoms with Crippen LogP contribution in [0.1, 0.15) is 116 Å². The fourth-order valence-electron chi connectivity index (χ4n) is 3.65. The second-order valence-electron chi connectivity index (χ2n) is 7.45. The van der Waals surface area contributed by atoms with Gasteiger partial charge in [-0.3, -0.25) is 4.79 Å². The van der Waals surface area contributed by atoms with Crippen LogP contribution in [0.2, 0.25) is 0 Å². The second-order valence-corrected chi connectivity index (χ2v) is 7.45. The molecule has 136 valence electrons. The number of ether oxygens (including phenoxy) is 1. The van der Waals surface area contributed by atoms with Gasteiger partial charge in [-0.25, -0.2) is 0 Å². The molecule has 0 bridgehead atoms. The van der Waals surface area contributed by atoms with Gasteiger partial charge in [-0.15, -0.1) is 0 Å². The van der Waals surface area contributed by atoms with Gasteiger partial charge in [-0.1, -0.05) is 96.8 Å². The van der Waals surface area contributed by atoms with Gasteiger partial charge in [-0.05, 0) is 18.8 Å². The molecular weight excluding hydrogens is 284 g/mol. The Kier molecular flexibility index (Phi) is 13.4. The lowest BCUT2D eigenvalue weighted by Crippen LogP contribution is -2.11. The van der Waals surface area contributed by atoms with Gasteiger partial charge in [0.2, 0.25) is 0 Å². The normalized spacial score (nSPS) is 15.7. The summed E-state index contributed by atoms with van der Waals surface area (Å²) in [6, 6.07) is 0. The van der Waals surface area contributed by atoms with Crippen LogP contribution in [0.5, 0.6) is 0 Å². The molecule has 0 saturated heterocycles. The number of carbonyl (C=O) groups is 1. The Labute approximate surface area is 144 Å². The van der Waals surface area contributed by atoms with Crippen molar-refractivity contribution in [3.63, 3.8) is 0 Å². The molecule has 23 heavy (non-hydrogen) atoms. The SMILES string of the molecule is CCCCCCCCCCCCOC(=O)CCC1CCCCC1. The molecule has 1 fully saturated rings. The average Bonchev–Trinajstić information content (AvgIpc) is 2.59. The maximum absolute atomic E-state index is 11.7. The molecule has 0 radical (unpaired) electrons. The molecule has 0 aromatic rings. The molecule has 2 heteroatoms. The van der Waals surface area contributed by atoms with Crippen molar-refractivity contribution in [2.75, 3.05) is 6.61 Å². The number of carbonyl (C=O) groups excluding carboxylic acids is 1. The van der Waals surface area contributed by atoms with E-state index in [4.69, 9.17) is 4.74 Å². The number of rotatable bonds is 14. The highest BCUT2D eigenvalue weighted by atomic mass is 16.5. The van der Waals surface area contributed by atoms with E-state index in [1.165, 1.54) is 89.9 Å². The zero-order valence-electron chi connectivity index (χ0n) is 15.6. The van der Waals surface area contributed by atoms with E-state index >= 15 is 0 Å². The van der Waals surface area contributed by atoms with Gasteiger partial charge in [0.25, 0.3) is 0 Å². The summed E-state index contributed by atoms with van der Waals surface area (Å²) in [4.78, 5) is 11.7. The molecular formula is C21H40O2. The molecule has 1 aliphatic rings. The zero-order valence-corrected chi connectivity index (χ0v) is 15.6. The molecule has 1 saturated carbocycles. The highest BCUT2D eigenvalue weighted by molar-refractivity contribution is 5.69. The first-order valence-corrected chi connectivity index (χ1v) is 10.5. The van der Waals surface area contributed by atoms with E-state index < -0.39 is 0 Å². The minimum Gasteiger partial charge on any atom is -0.466 e. The predicted molar refractivity (Wildman–Crippen MR) is 98.6 cm³/mol. The van der Waals surface area contributed by atoms with Gasteiger partial charge in [0.1, 0.15) is 0 Å².